The van der Waals surface area contributed by atoms with Gasteiger partial charge in [0.25, 0.3) is 5.91 Å². The maximum absolute atomic E-state index is 13.3. The van der Waals surface area contributed by atoms with Crippen LogP contribution in [0.2, 0.25) is 0 Å². The number of aromatic nitrogens is 2. The molecule has 1 amide bonds. The molecule has 0 spiro atoms. The van der Waals surface area contributed by atoms with E-state index in [4.69, 9.17) is 24.6 Å². The minimum Gasteiger partial charge on any atom is -0.497 e. The highest BCUT2D eigenvalue weighted by Crippen LogP contribution is 2.35. The Hall–Kier alpha value is -4.77. The fourth-order valence-electron chi connectivity index (χ4n) is 3.39. The van der Waals surface area contributed by atoms with Gasteiger partial charge >= 0.3 is 0 Å². The largest absolute Gasteiger partial charge is 0.497 e. The van der Waals surface area contributed by atoms with E-state index in [1.165, 1.54) is 0 Å². The lowest BCUT2D eigenvalue weighted by Crippen LogP contribution is -2.12. The molecule has 0 aliphatic carbocycles. The van der Waals surface area contributed by atoms with Crippen LogP contribution in [0.1, 0.15) is 10.4 Å². The molecule has 1 N–H and O–H groups in total. The van der Waals surface area contributed by atoms with Crippen molar-refractivity contribution in [2.45, 2.75) is 0 Å². The molecule has 4 rings (SSSR count). The highest BCUT2D eigenvalue weighted by atomic mass is 16.5. The molecule has 0 saturated carbocycles. The summed E-state index contributed by atoms with van der Waals surface area (Å²) in [5, 5.41) is 16.3. The van der Waals surface area contributed by atoms with Crippen molar-refractivity contribution in [3.63, 3.8) is 0 Å². The summed E-state index contributed by atoms with van der Waals surface area (Å²) in [6, 6.07) is 23.6. The quantitative estimate of drug-likeness (QED) is 0.414. The fourth-order valence-corrected chi connectivity index (χ4v) is 3.39. The number of para-hydroxylation sites is 1. The molecule has 0 atom stereocenters. The summed E-state index contributed by atoms with van der Waals surface area (Å²) in [6.07, 6.45) is 1.69. The van der Waals surface area contributed by atoms with Gasteiger partial charge in [0.1, 0.15) is 29.0 Å². The van der Waals surface area contributed by atoms with Crippen molar-refractivity contribution in [2.75, 3.05) is 26.1 Å². The van der Waals surface area contributed by atoms with Crippen molar-refractivity contribution in [2.24, 2.45) is 0 Å². The SMILES string of the molecule is COc1ccc(-c2nn(-c3ccccc3)cc2C(=O)Nc2ccc(OCC#N)cc2)c(OC)c1. The van der Waals surface area contributed by atoms with Gasteiger partial charge in [0, 0.05) is 23.5 Å². The van der Waals surface area contributed by atoms with Gasteiger partial charge in [0.15, 0.2) is 6.61 Å². The third-order valence-electron chi connectivity index (χ3n) is 5.06. The van der Waals surface area contributed by atoms with E-state index in [9.17, 15) is 4.79 Å². The first-order chi connectivity index (χ1) is 16.6. The van der Waals surface area contributed by atoms with Gasteiger partial charge in [-0.3, -0.25) is 4.79 Å². The normalized spacial score (nSPS) is 10.3. The topological polar surface area (TPSA) is 98.4 Å². The van der Waals surface area contributed by atoms with Gasteiger partial charge in [0.2, 0.25) is 0 Å². The molecule has 0 saturated heterocycles. The lowest BCUT2D eigenvalue weighted by Gasteiger charge is -2.11. The molecule has 4 aromatic rings. The smallest absolute Gasteiger partial charge is 0.259 e. The number of nitriles is 1. The van der Waals surface area contributed by atoms with E-state index in [1.54, 1.807) is 61.5 Å². The number of carbonyl (C=O) groups excluding carboxylic acids is 1. The van der Waals surface area contributed by atoms with Crippen LogP contribution < -0.4 is 19.5 Å². The summed E-state index contributed by atoms with van der Waals surface area (Å²) in [6.45, 7) is -0.0442. The summed E-state index contributed by atoms with van der Waals surface area (Å²) < 4.78 is 17.8. The Bertz CT molecular complexity index is 1330. The first-order valence-electron chi connectivity index (χ1n) is 10.4. The Morgan fingerprint density at radius 1 is 1.00 bits per heavy atom. The molecule has 1 heterocycles. The molecule has 8 nitrogen and oxygen atoms in total. The highest BCUT2D eigenvalue weighted by molar-refractivity contribution is 6.08. The van der Waals surface area contributed by atoms with Gasteiger partial charge in [-0.2, -0.15) is 10.4 Å². The summed E-state index contributed by atoms with van der Waals surface area (Å²) >= 11 is 0. The molecule has 34 heavy (non-hydrogen) atoms. The number of nitrogens with one attached hydrogen (secondary N) is 1. The van der Waals surface area contributed by atoms with E-state index in [1.807, 2.05) is 42.5 Å². The molecular formula is C26H22N4O4. The summed E-state index contributed by atoms with van der Waals surface area (Å²) in [5.41, 5.74) is 2.89. The lowest BCUT2D eigenvalue weighted by atomic mass is 10.1. The van der Waals surface area contributed by atoms with Crippen molar-refractivity contribution in [1.82, 2.24) is 9.78 Å². The first-order valence-corrected chi connectivity index (χ1v) is 10.4. The Balaban J connectivity index is 1.72. The number of benzene rings is 3. The molecule has 0 aliphatic rings. The van der Waals surface area contributed by atoms with E-state index >= 15 is 0 Å². The van der Waals surface area contributed by atoms with Crippen molar-refractivity contribution in [1.29, 1.82) is 5.26 Å². The molecule has 8 heteroatoms. The average Bonchev–Trinajstić information content (AvgIpc) is 3.34. The zero-order valence-electron chi connectivity index (χ0n) is 18.7. The summed E-state index contributed by atoms with van der Waals surface area (Å²) in [4.78, 5) is 13.3. The van der Waals surface area contributed by atoms with E-state index in [0.717, 1.165) is 5.69 Å². The van der Waals surface area contributed by atoms with Crippen LogP contribution in [0.4, 0.5) is 5.69 Å². The van der Waals surface area contributed by atoms with Crippen LogP contribution in [-0.4, -0.2) is 36.5 Å². The number of carbonyl (C=O) groups is 1. The molecule has 0 aliphatic heterocycles. The molecule has 0 unspecified atom stereocenters. The lowest BCUT2D eigenvalue weighted by molar-refractivity contribution is 0.102. The van der Waals surface area contributed by atoms with Crippen LogP contribution in [0, 0.1) is 11.3 Å². The standard InChI is InChI=1S/C26H22N4O4/c1-32-21-12-13-22(24(16-21)33-2)25-23(17-30(29-25)19-6-4-3-5-7-19)26(31)28-18-8-10-20(11-9-18)34-15-14-27/h3-13,16-17H,15H2,1-2H3,(H,28,31). The second kappa shape index (κ2) is 10.2. The van der Waals surface area contributed by atoms with Crippen molar-refractivity contribution >= 4 is 11.6 Å². The van der Waals surface area contributed by atoms with Crippen molar-refractivity contribution in [3.8, 4) is 40.3 Å². The third kappa shape index (κ3) is 4.84. The van der Waals surface area contributed by atoms with Gasteiger partial charge in [-0.25, -0.2) is 4.68 Å². The predicted molar refractivity (Wildman–Crippen MR) is 128 cm³/mol. The van der Waals surface area contributed by atoms with Gasteiger partial charge in [-0.1, -0.05) is 18.2 Å². The second-order valence-electron chi connectivity index (χ2n) is 7.16. The molecule has 3 aromatic carbocycles. The maximum atomic E-state index is 13.3. The Morgan fingerprint density at radius 2 is 1.74 bits per heavy atom. The van der Waals surface area contributed by atoms with Crippen LogP contribution in [0.25, 0.3) is 16.9 Å². The number of methoxy groups -OCH3 is 2. The van der Waals surface area contributed by atoms with Gasteiger partial charge in [-0.05, 0) is 48.5 Å². The number of hydrogen-bond donors (Lipinski definition) is 1. The Labute approximate surface area is 196 Å². The zero-order valence-corrected chi connectivity index (χ0v) is 18.7. The zero-order chi connectivity index (χ0) is 23.9. The molecule has 0 radical (unpaired) electrons. The summed E-state index contributed by atoms with van der Waals surface area (Å²) in [7, 11) is 3.14. The minimum absolute atomic E-state index is 0.0442. The monoisotopic (exact) mass is 454 g/mol. The fraction of sp³-hybridized carbons (Fsp3) is 0.115. The molecular weight excluding hydrogens is 432 g/mol. The number of nitrogens with zero attached hydrogens (tertiary/aromatic N) is 3. The second-order valence-corrected chi connectivity index (χ2v) is 7.16. The van der Waals surface area contributed by atoms with Crippen molar-refractivity contribution < 1.29 is 19.0 Å². The van der Waals surface area contributed by atoms with E-state index < -0.39 is 0 Å². The maximum Gasteiger partial charge on any atom is 0.259 e. The summed E-state index contributed by atoms with van der Waals surface area (Å²) in [5.74, 6) is 1.37. The molecule has 1 aromatic heterocycles. The average molecular weight is 454 g/mol. The Kier molecular flexibility index (Phi) is 6.75. The highest BCUT2D eigenvalue weighted by Gasteiger charge is 2.22. The van der Waals surface area contributed by atoms with E-state index in [0.29, 0.717) is 39.8 Å². The first kappa shape index (κ1) is 22.4. The Morgan fingerprint density at radius 3 is 2.41 bits per heavy atom. The number of hydrogen-bond acceptors (Lipinski definition) is 6. The van der Waals surface area contributed by atoms with Gasteiger partial charge in [-0.15, -0.1) is 0 Å². The number of rotatable bonds is 8. The predicted octanol–water partition coefficient (Wildman–Crippen LogP) is 4.71. The number of anilines is 1. The minimum atomic E-state index is -0.333. The van der Waals surface area contributed by atoms with Crippen LogP contribution in [-0.2, 0) is 0 Å². The molecule has 0 fully saturated rings. The third-order valence-corrected chi connectivity index (χ3v) is 5.06. The van der Waals surface area contributed by atoms with E-state index in [-0.39, 0.29) is 12.5 Å². The van der Waals surface area contributed by atoms with Crippen LogP contribution in [0.3, 0.4) is 0 Å². The molecule has 0 bridgehead atoms. The van der Waals surface area contributed by atoms with Crippen LogP contribution >= 0.6 is 0 Å². The number of ether oxygens (including phenoxy) is 3. The number of amides is 1. The molecule has 170 valence electrons. The van der Waals surface area contributed by atoms with Crippen LogP contribution in [0.5, 0.6) is 17.2 Å². The van der Waals surface area contributed by atoms with Gasteiger partial charge < -0.3 is 19.5 Å². The van der Waals surface area contributed by atoms with Crippen molar-refractivity contribution in [3.05, 3.63) is 84.6 Å². The van der Waals surface area contributed by atoms with E-state index in [2.05, 4.69) is 5.32 Å². The van der Waals surface area contributed by atoms with Gasteiger partial charge in [0.05, 0.1) is 25.5 Å². The van der Waals surface area contributed by atoms with Crippen LogP contribution in [0.15, 0.2) is 79.0 Å².